The van der Waals surface area contributed by atoms with Gasteiger partial charge >= 0.3 is 0 Å². The summed E-state index contributed by atoms with van der Waals surface area (Å²) < 4.78 is 8.83. The van der Waals surface area contributed by atoms with E-state index in [9.17, 15) is 0 Å². The third kappa shape index (κ3) is 5.60. The summed E-state index contributed by atoms with van der Waals surface area (Å²) >= 11 is 1.80. The highest BCUT2D eigenvalue weighted by atomic mass is 32.1. The number of fused-ring (bicyclic) bond motifs is 6. The van der Waals surface area contributed by atoms with Crippen LogP contribution in [0.3, 0.4) is 0 Å². The Morgan fingerprint density at radius 2 is 1.16 bits per heavy atom. The molecule has 0 N–H and O–H groups in total. The van der Waals surface area contributed by atoms with Crippen molar-refractivity contribution in [3.05, 3.63) is 170 Å². The molecule has 6 nitrogen and oxygen atoms in total. The molecule has 0 atom stereocenters. The molecule has 1 aliphatic carbocycles. The van der Waals surface area contributed by atoms with Gasteiger partial charge in [0, 0.05) is 47.8 Å². The summed E-state index contributed by atoms with van der Waals surface area (Å²) in [7, 11) is 0. The van der Waals surface area contributed by atoms with Crippen LogP contribution in [0.15, 0.2) is 168 Å². The fraction of sp³-hybridized carbons (Fsp3) is 0.0408. The topological polar surface area (TPSA) is 77.6 Å². The monoisotopic (exact) mass is 737 g/mol. The Hall–Kier alpha value is -7.09. The minimum absolute atomic E-state index is 0.672. The maximum Gasteiger partial charge on any atom is 0.180 e. The standard InChI is InChI=1S/C49H31N5OS/c1-4-13-32(14-5-1)46-50-42(44-43(51-46)39-19-10-11-22-40(39)55-44)31-25-23-30(24-26-31)36-20-12-21-38-37-28-27-35(29-41(37)56-45(36)38)49-53-47(33-15-6-2-7-16-33)52-48(54-49)34-17-8-3-9-18-34/h1-8,10-17,19-29H,9,18H2. The number of rotatable bonds is 6. The molecule has 4 heterocycles. The van der Waals surface area contributed by atoms with E-state index in [0.717, 1.165) is 74.2 Å². The van der Waals surface area contributed by atoms with Crippen LogP contribution in [0.4, 0.5) is 0 Å². The zero-order chi connectivity index (χ0) is 37.0. The fourth-order valence-electron chi connectivity index (χ4n) is 7.63. The van der Waals surface area contributed by atoms with Gasteiger partial charge in [-0.3, -0.25) is 0 Å². The predicted molar refractivity (Wildman–Crippen MR) is 229 cm³/mol. The van der Waals surface area contributed by atoms with Gasteiger partial charge in [-0.2, -0.15) is 0 Å². The smallest absolute Gasteiger partial charge is 0.180 e. The highest BCUT2D eigenvalue weighted by molar-refractivity contribution is 7.26. The van der Waals surface area contributed by atoms with Crippen molar-refractivity contribution in [3.63, 3.8) is 0 Å². The molecule has 0 radical (unpaired) electrons. The van der Waals surface area contributed by atoms with Gasteiger partial charge < -0.3 is 4.42 Å². The molecule has 0 aliphatic heterocycles. The van der Waals surface area contributed by atoms with Crippen molar-refractivity contribution in [2.24, 2.45) is 0 Å². The van der Waals surface area contributed by atoms with E-state index in [1.54, 1.807) is 11.3 Å². The molecule has 10 aromatic rings. The van der Waals surface area contributed by atoms with Crippen LogP contribution in [-0.2, 0) is 0 Å². The number of hydrogen-bond acceptors (Lipinski definition) is 7. The summed E-state index contributed by atoms with van der Waals surface area (Å²) in [4.78, 5) is 25.0. The van der Waals surface area contributed by atoms with Crippen molar-refractivity contribution in [3.8, 4) is 56.5 Å². The van der Waals surface area contributed by atoms with Gasteiger partial charge in [0.15, 0.2) is 28.9 Å². The Labute approximate surface area is 326 Å². The van der Waals surface area contributed by atoms with Crippen LogP contribution in [0.25, 0.3) is 104 Å². The second kappa shape index (κ2) is 13.3. The molecule has 264 valence electrons. The number of allylic oxidation sites excluding steroid dienone is 4. The van der Waals surface area contributed by atoms with E-state index in [2.05, 4.69) is 97.1 Å². The van der Waals surface area contributed by atoms with Crippen LogP contribution >= 0.6 is 11.3 Å². The molecule has 56 heavy (non-hydrogen) atoms. The Balaban J connectivity index is 0.997. The van der Waals surface area contributed by atoms with Crippen LogP contribution in [0.2, 0.25) is 0 Å². The molecule has 0 spiro atoms. The number of aromatic nitrogens is 5. The van der Waals surface area contributed by atoms with Gasteiger partial charge in [0.05, 0.1) is 0 Å². The van der Waals surface area contributed by atoms with Gasteiger partial charge in [0.1, 0.15) is 16.8 Å². The normalized spacial score (nSPS) is 12.9. The average Bonchev–Trinajstić information content (AvgIpc) is 3.85. The largest absolute Gasteiger partial charge is 0.452 e. The van der Waals surface area contributed by atoms with E-state index in [-0.39, 0.29) is 0 Å². The summed E-state index contributed by atoms with van der Waals surface area (Å²) in [6.07, 6.45) is 8.28. The van der Waals surface area contributed by atoms with Crippen LogP contribution < -0.4 is 0 Å². The number of thiophene rings is 1. The second-order valence-corrected chi connectivity index (χ2v) is 15.0. The number of hydrogen-bond donors (Lipinski definition) is 0. The molecule has 0 bridgehead atoms. The fourth-order valence-corrected chi connectivity index (χ4v) is 8.91. The summed E-state index contributed by atoms with van der Waals surface area (Å²) in [6.45, 7) is 0. The molecule has 0 amide bonds. The molecule has 7 heteroatoms. The summed E-state index contributed by atoms with van der Waals surface area (Å²) in [5.41, 5.74) is 10.4. The van der Waals surface area contributed by atoms with Crippen LogP contribution in [-0.4, -0.2) is 24.9 Å². The number of furan rings is 1. The van der Waals surface area contributed by atoms with E-state index in [1.165, 1.54) is 25.7 Å². The third-order valence-electron chi connectivity index (χ3n) is 10.4. The van der Waals surface area contributed by atoms with Crippen molar-refractivity contribution < 1.29 is 4.42 Å². The molecular formula is C49H31N5OS. The summed E-state index contributed by atoms with van der Waals surface area (Å²) in [5, 5.41) is 3.42. The zero-order valence-corrected chi connectivity index (χ0v) is 30.9. The van der Waals surface area contributed by atoms with E-state index < -0.39 is 0 Å². The number of nitrogens with zero attached hydrogens (tertiary/aromatic N) is 5. The van der Waals surface area contributed by atoms with Gasteiger partial charge in [-0.05, 0) is 47.7 Å². The van der Waals surface area contributed by atoms with Crippen molar-refractivity contribution in [1.29, 1.82) is 0 Å². The second-order valence-electron chi connectivity index (χ2n) is 13.9. The quantitative estimate of drug-likeness (QED) is 0.169. The van der Waals surface area contributed by atoms with E-state index >= 15 is 0 Å². The molecule has 0 saturated heterocycles. The van der Waals surface area contributed by atoms with Crippen molar-refractivity contribution in [2.75, 3.05) is 0 Å². The minimum atomic E-state index is 0.672. The molecule has 0 saturated carbocycles. The first-order valence-electron chi connectivity index (χ1n) is 18.7. The molecule has 6 aromatic carbocycles. The third-order valence-corrected chi connectivity index (χ3v) is 11.6. The highest BCUT2D eigenvalue weighted by Crippen LogP contribution is 2.42. The average molecular weight is 738 g/mol. The molecule has 0 unspecified atom stereocenters. The Kier molecular flexibility index (Phi) is 7.70. The molecule has 1 aliphatic rings. The lowest BCUT2D eigenvalue weighted by atomic mass is 10.00. The number of benzene rings is 6. The lowest BCUT2D eigenvalue weighted by Gasteiger charge is -2.11. The Morgan fingerprint density at radius 1 is 0.500 bits per heavy atom. The van der Waals surface area contributed by atoms with Crippen molar-refractivity contribution in [1.82, 2.24) is 24.9 Å². The van der Waals surface area contributed by atoms with Gasteiger partial charge in [0.25, 0.3) is 0 Å². The minimum Gasteiger partial charge on any atom is -0.452 e. The Morgan fingerprint density at radius 3 is 1.93 bits per heavy atom. The summed E-state index contributed by atoms with van der Waals surface area (Å²) in [5.74, 6) is 2.77. The van der Waals surface area contributed by atoms with Crippen LogP contribution in [0.5, 0.6) is 0 Å². The lowest BCUT2D eigenvalue weighted by molar-refractivity contribution is 0.667. The lowest BCUT2D eigenvalue weighted by Crippen LogP contribution is -2.03. The summed E-state index contributed by atoms with van der Waals surface area (Å²) in [6, 6.07) is 50.1. The van der Waals surface area contributed by atoms with Gasteiger partial charge in [-0.15, -0.1) is 11.3 Å². The zero-order valence-electron chi connectivity index (χ0n) is 30.1. The van der Waals surface area contributed by atoms with Gasteiger partial charge in [0.2, 0.25) is 0 Å². The van der Waals surface area contributed by atoms with Crippen molar-refractivity contribution in [2.45, 2.75) is 12.8 Å². The predicted octanol–water partition coefficient (Wildman–Crippen LogP) is 13.0. The van der Waals surface area contributed by atoms with E-state index in [4.69, 9.17) is 29.3 Å². The molecule has 4 aromatic heterocycles. The first kappa shape index (κ1) is 32.3. The maximum atomic E-state index is 6.40. The number of para-hydroxylation sites is 1. The van der Waals surface area contributed by atoms with Crippen LogP contribution in [0.1, 0.15) is 18.7 Å². The SMILES string of the molecule is C1=CCCC(c2nc(-c3ccccc3)nc(-c3ccc4c(c3)sc3c(-c5ccc(-c6nc(-c7ccccc7)nc7c6oc6ccccc67)cc5)cccc34)n2)=C1. The van der Waals surface area contributed by atoms with Gasteiger partial charge in [-0.1, -0.05) is 146 Å². The Bertz CT molecular complexity index is 3180. The highest BCUT2D eigenvalue weighted by Gasteiger charge is 2.20. The molecule has 11 rings (SSSR count). The van der Waals surface area contributed by atoms with E-state index in [0.29, 0.717) is 23.1 Å². The maximum absolute atomic E-state index is 6.40. The van der Waals surface area contributed by atoms with Gasteiger partial charge in [-0.25, -0.2) is 24.9 Å². The first-order valence-corrected chi connectivity index (χ1v) is 19.5. The van der Waals surface area contributed by atoms with E-state index in [1.807, 2.05) is 66.7 Å². The van der Waals surface area contributed by atoms with Crippen molar-refractivity contribution >= 4 is 59.2 Å². The van der Waals surface area contributed by atoms with Crippen LogP contribution in [0, 0.1) is 0 Å². The molecule has 0 fully saturated rings. The first-order chi connectivity index (χ1) is 27.7. The molecular weight excluding hydrogens is 707 g/mol.